The van der Waals surface area contributed by atoms with E-state index in [1.54, 1.807) is 0 Å². The Balaban J connectivity index is 1.91. The lowest BCUT2D eigenvalue weighted by atomic mass is 9.88. The van der Waals surface area contributed by atoms with Crippen molar-refractivity contribution in [2.45, 2.75) is 38.8 Å². The van der Waals surface area contributed by atoms with Gasteiger partial charge < -0.3 is 10.1 Å². The minimum Gasteiger partial charge on any atom is -0.487 e. The van der Waals surface area contributed by atoms with Crippen molar-refractivity contribution < 1.29 is 13.9 Å². The third-order valence-corrected chi connectivity index (χ3v) is 4.34. The molecule has 2 aromatic rings. The Morgan fingerprint density at radius 1 is 1.29 bits per heavy atom. The Bertz CT molecular complexity index is 804. The first-order valence-corrected chi connectivity index (χ1v) is 8.18. The molecule has 3 rings (SSSR count). The summed E-state index contributed by atoms with van der Waals surface area (Å²) in [4.78, 5) is 12.5. The van der Waals surface area contributed by atoms with E-state index in [1.165, 1.54) is 12.1 Å². The van der Waals surface area contributed by atoms with Crippen molar-refractivity contribution in [3.05, 3.63) is 63.9 Å². The number of carbonyl (C=O) groups is 1. The normalized spacial score (nSPS) is 18.5. The molecule has 24 heavy (non-hydrogen) atoms. The maximum absolute atomic E-state index is 14.0. The first-order chi connectivity index (χ1) is 11.2. The molecular formula is C19H19ClFNO2. The summed E-state index contributed by atoms with van der Waals surface area (Å²) in [5.74, 6) is -0.339. The van der Waals surface area contributed by atoms with Crippen molar-refractivity contribution in [2.24, 2.45) is 0 Å². The van der Waals surface area contributed by atoms with E-state index in [-0.39, 0.29) is 16.6 Å². The first kappa shape index (κ1) is 16.8. The molecule has 0 bridgehead atoms. The van der Waals surface area contributed by atoms with E-state index in [1.807, 2.05) is 39.0 Å². The van der Waals surface area contributed by atoms with Crippen LogP contribution in [0.2, 0.25) is 5.02 Å². The molecule has 1 aliphatic rings. The van der Waals surface area contributed by atoms with Crippen LogP contribution in [0.4, 0.5) is 4.39 Å². The number of hydrogen-bond acceptors (Lipinski definition) is 2. The molecular weight excluding hydrogens is 329 g/mol. The van der Waals surface area contributed by atoms with Gasteiger partial charge in [0.25, 0.3) is 5.91 Å². The van der Waals surface area contributed by atoms with Gasteiger partial charge in [-0.25, -0.2) is 4.39 Å². The fourth-order valence-corrected chi connectivity index (χ4v) is 3.17. The van der Waals surface area contributed by atoms with Crippen LogP contribution in [-0.2, 0) is 0 Å². The minimum absolute atomic E-state index is 0.0158. The SMILES string of the molecule is Cc1ccc2c(c1)C(NC(=O)c1ccc(Cl)cc1F)CC(C)(C)O2. The number of nitrogens with one attached hydrogen (secondary N) is 1. The monoisotopic (exact) mass is 347 g/mol. The summed E-state index contributed by atoms with van der Waals surface area (Å²) < 4.78 is 20.0. The molecule has 1 amide bonds. The highest BCUT2D eigenvalue weighted by molar-refractivity contribution is 6.30. The molecule has 1 atom stereocenters. The second-order valence-electron chi connectivity index (χ2n) is 6.76. The summed E-state index contributed by atoms with van der Waals surface area (Å²) >= 11 is 5.75. The molecule has 0 fully saturated rings. The fraction of sp³-hybridized carbons (Fsp3) is 0.316. The van der Waals surface area contributed by atoms with Crippen LogP contribution in [0.15, 0.2) is 36.4 Å². The smallest absolute Gasteiger partial charge is 0.254 e. The molecule has 0 saturated heterocycles. The van der Waals surface area contributed by atoms with Crippen LogP contribution in [0.25, 0.3) is 0 Å². The highest BCUT2D eigenvalue weighted by Crippen LogP contribution is 2.40. The number of ether oxygens (including phenoxy) is 1. The molecule has 2 aromatic carbocycles. The van der Waals surface area contributed by atoms with Gasteiger partial charge in [0.05, 0.1) is 11.6 Å². The van der Waals surface area contributed by atoms with Crippen molar-refractivity contribution >= 4 is 17.5 Å². The Hall–Kier alpha value is -2.07. The van der Waals surface area contributed by atoms with Crippen LogP contribution < -0.4 is 10.1 Å². The van der Waals surface area contributed by atoms with Gasteiger partial charge in [-0.05, 0) is 45.0 Å². The van der Waals surface area contributed by atoms with Gasteiger partial charge in [0, 0.05) is 17.0 Å². The molecule has 0 aromatic heterocycles. The van der Waals surface area contributed by atoms with Gasteiger partial charge in [-0.1, -0.05) is 29.3 Å². The van der Waals surface area contributed by atoms with Crippen LogP contribution in [0.3, 0.4) is 0 Å². The average Bonchev–Trinajstić information content (AvgIpc) is 2.47. The zero-order valence-electron chi connectivity index (χ0n) is 13.8. The Kier molecular flexibility index (Phi) is 4.26. The average molecular weight is 348 g/mol. The van der Waals surface area contributed by atoms with Crippen molar-refractivity contribution in [3.63, 3.8) is 0 Å². The summed E-state index contributed by atoms with van der Waals surface area (Å²) in [7, 11) is 0. The lowest BCUT2D eigenvalue weighted by molar-refractivity contribution is 0.0618. The van der Waals surface area contributed by atoms with Gasteiger partial charge in [0.1, 0.15) is 17.2 Å². The third-order valence-electron chi connectivity index (χ3n) is 4.10. The molecule has 3 nitrogen and oxygen atoms in total. The lowest BCUT2D eigenvalue weighted by Gasteiger charge is -2.38. The van der Waals surface area contributed by atoms with Crippen molar-refractivity contribution in [1.82, 2.24) is 5.32 Å². The molecule has 1 unspecified atom stereocenters. The third kappa shape index (κ3) is 3.39. The topological polar surface area (TPSA) is 38.3 Å². The molecule has 0 spiro atoms. The van der Waals surface area contributed by atoms with Crippen LogP contribution in [0, 0.1) is 12.7 Å². The van der Waals surface area contributed by atoms with E-state index in [2.05, 4.69) is 5.32 Å². The van der Waals surface area contributed by atoms with Gasteiger partial charge in [-0.2, -0.15) is 0 Å². The fourth-order valence-electron chi connectivity index (χ4n) is 3.01. The maximum Gasteiger partial charge on any atom is 0.254 e. The number of hydrogen-bond donors (Lipinski definition) is 1. The molecule has 5 heteroatoms. The van der Waals surface area contributed by atoms with E-state index < -0.39 is 17.3 Å². The van der Waals surface area contributed by atoms with E-state index >= 15 is 0 Å². The second-order valence-corrected chi connectivity index (χ2v) is 7.19. The number of aryl methyl sites for hydroxylation is 1. The predicted molar refractivity (Wildman–Crippen MR) is 92.1 cm³/mol. The molecule has 1 aliphatic heterocycles. The maximum atomic E-state index is 14.0. The number of fused-ring (bicyclic) bond motifs is 1. The Morgan fingerprint density at radius 3 is 2.75 bits per heavy atom. The van der Waals surface area contributed by atoms with Gasteiger partial charge in [-0.15, -0.1) is 0 Å². The van der Waals surface area contributed by atoms with Gasteiger partial charge in [0.15, 0.2) is 0 Å². The quantitative estimate of drug-likeness (QED) is 0.845. The first-order valence-electron chi connectivity index (χ1n) is 7.81. The number of amides is 1. The highest BCUT2D eigenvalue weighted by Gasteiger charge is 2.35. The van der Waals surface area contributed by atoms with Gasteiger partial charge in [-0.3, -0.25) is 4.79 Å². The second kappa shape index (κ2) is 6.10. The van der Waals surface area contributed by atoms with Crippen LogP contribution >= 0.6 is 11.6 Å². The van der Waals surface area contributed by atoms with Gasteiger partial charge >= 0.3 is 0 Å². The minimum atomic E-state index is -0.629. The van der Waals surface area contributed by atoms with Crippen molar-refractivity contribution in [3.8, 4) is 5.75 Å². The van der Waals surface area contributed by atoms with E-state index in [4.69, 9.17) is 16.3 Å². The zero-order chi connectivity index (χ0) is 17.5. The number of rotatable bonds is 2. The van der Waals surface area contributed by atoms with Crippen LogP contribution in [0.1, 0.15) is 47.8 Å². The summed E-state index contributed by atoms with van der Waals surface area (Å²) in [5.41, 5.74) is 1.56. The van der Waals surface area contributed by atoms with Crippen LogP contribution in [-0.4, -0.2) is 11.5 Å². The summed E-state index contributed by atoms with van der Waals surface area (Å²) in [6, 6.07) is 9.67. The number of carbonyl (C=O) groups excluding carboxylic acids is 1. The van der Waals surface area contributed by atoms with Gasteiger partial charge in [0.2, 0.25) is 0 Å². The number of benzene rings is 2. The summed E-state index contributed by atoms with van der Waals surface area (Å²) in [6.07, 6.45) is 0.602. The van der Waals surface area contributed by atoms with E-state index in [9.17, 15) is 9.18 Å². The molecule has 126 valence electrons. The Labute approximate surface area is 145 Å². The summed E-state index contributed by atoms with van der Waals surface area (Å²) in [5, 5.41) is 3.19. The Morgan fingerprint density at radius 2 is 2.04 bits per heavy atom. The predicted octanol–water partition coefficient (Wildman–Crippen LogP) is 4.82. The number of halogens is 2. The van der Waals surface area contributed by atoms with Crippen molar-refractivity contribution in [2.75, 3.05) is 0 Å². The van der Waals surface area contributed by atoms with Crippen molar-refractivity contribution in [1.29, 1.82) is 0 Å². The highest BCUT2D eigenvalue weighted by atomic mass is 35.5. The standard InChI is InChI=1S/C19H19ClFNO2/c1-11-4-7-17-14(8-11)16(10-19(2,3)24-17)22-18(23)13-6-5-12(20)9-15(13)21/h4-9,16H,10H2,1-3H3,(H,22,23). The molecule has 0 radical (unpaired) electrons. The lowest BCUT2D eigenvalue weighted by Crippen LogP contribution is -2.41. The molecule has 1 heterocycles. The molecule has 1 N–H and O–H groups in total. The molecule has 0 saturated carbocycles. The van der Waals surface area contributed by atoms with E-state index in [0.29, 0.717) is 6.42 Å². The van der Waals surface area contributed by atoms with Crippen LogP contribution in [0.5, 0.6) is 5.75 Å². The molecule has 0 aliphatic carbocycles. The largest absolute Gasteiger partial charge is 0.487 e. The van der Waals surface area contributed by atoms with E-state index in [0.717, 1.165) is 22.9 Å². The zero-order valence-corrected chi connectivity index (χ0v) is 14.6. The summed E-state index contributed by atoms with van der Waals surface area (Å²) in [6.45, 7) is 5.92.